The highest BCUT2D eigenvalue weighted by Crippen LogP contribution is 2.14. The summed E-state index contributed by atoms with van der Waals surface area (Å²) in [4.78, 5) is 50.4. The van der Waals surface area contributed by atoms with E-state index >= 15 is 0 Å². The number of aromatic nitrogens is 2. The average molecular weight is 446 g/mol. The standard InChI is InChI=1S/C24H22N4O5/c1-2-3-8-13-28-23(31)17-11-6-5-10-16(17)20(27-28)22(30)26-25-21(29)18-14-15-9-4-7-12-19(15)33-24(18)32/h4-7,9-12,14H,2-3,8,13H2,1H3,(H,25,29)(H,26,30). The third-order valence-corrected chi connectivity index (χ3v) is 5.23. The molecule has 4 aromatic rings. The van der Waals surface area contributed by atoms with Crippen LogP contribution < -0.4 is 22.0 Å². The van der Waals surface area contributed by atoms with Crippen molar-refractivity contribution in [2.24, 2.45) is 0 Å². The van der Waals surface area contributed by atoms with Crippen LogP contribution in [-0.4, -0.2) is 21.6 Å². The molecule has 9 heteroatoms. The summed E-state index contributed by atoms with van der Waals surface area (Å²) < 4.78 is 6.43. The molecule has 168 valence electrons. The second-order valence-corrected chi connectivity index (χ2v) is 7.52. The maximum atomic E-state index is 12.9. The number of fused-ring (bicyclic) bond motifs is 2. The second kappa shape index (κ2) is 9.47. The molecule has 0 aliphatic carbocycles. The van der Waals surface area contributed by atoms with Crippen LogP contribution in [0.15, 0.2) is 68.6 Å². The molecule has 33 heavy (non-hydrogen) atoms. The van der Waals surface area contributed by atoms with Gasteiger partial charge in [-0.2, -0.15) is 5.10 Å². The molecule has 0 aliphatic rings. The number of unbranched alkanes of at least 4 members (excludes halogenated alkanes) is 2. The fourth-order valence-corrected chi connectivity index (χ4v) is 3.53. The largest absolute Gasteiger partial charge is 0.422 e. The van der Waals surface area contributed by atoms with Crippen LogP contribution in [0.1, 0.15) is 47.0 Å². The monoisotopic (exact) mass is 446 g/mol. The van der Waals surface area contributed by atoms with Gasteiger partial charge in [-0.15, -0.1) is 0 Å². The Labute approximate surface area is 188 Å². The Hall–Kier alpha value is -4.27. The number of hydrogen-bond acceptors (Lipinski definition) is 6. The number of aryl methyl sites for hydroxylation is 1. The molecule has 0 aliphatic heterocycles. The highest BCUT2D eigenvalue weighted by Gasteiger charge is 2.19. The van der Waals surface area contributed by atoms with Crippen molar-refractivity contribution >= 4 is 33.6 Å². The third-order valence-electron chi connectivity index (χ3n) is 5.23. The minimum Gasteiger partial charge on any atom is -0.422 e. The first-order valence-corrected chi connectivity index (χ1v) is 10.6. The zero-order chi connectivity index (χ0) is 23.4. The lowest BCUT2D eigenvalue weighted by Gasteiger charge is -2.12. The highest BCUT2D eigenvalue weighted by molar-refractivity contribution is 6.06. The highest BCUT2D eigenvalue weighted by atomic mass is 16.4. The first kappa shape index (κ1) is 21.9. The lowest BCUT2D eigenvalue weighted by atomic mass is 10.1. The lowest BCUT2D eigenvalue weighted by Crippen LogP contribution is -2.44. The van der Waals surface area contributed by atoms with E-state index in [1.807, 2.05) is 6.92 Å². The van der Waals surface area contributed by atoms with Crippen LogP contribution in [0.25, 0.3) is 21.7 Å². The van der Waals surface area contributed by atoms with Crippen LogP contribution in [-0.2, 0) is 6.54 Å². The quantitative estimate of drug-likeness (QED) is 0.267. The predicted molar refractivity (Wildman–Crippen MR) is 123 cm³/mol. The smallest absolute Gasteiger partial charge is 0.349 e. The number of carbonyl (C=O) groups is 2. The summed E-state index contributed by atoms with van der Waals surface area (Å²) in [6.45, 7) is 2.43. The van der Waals surface area contributed by atoms with Gasteiger partial charge in [0.25, 0.3) is 17.4 Å². The summed E-state index contributed by atoms with van der Waals surface area (Å²) in [6.07, 6.45) is 2.65. The molecule has 9 nitrogen and oxygen atoms in total. The van der Waals surface area contributed by atoms with Crippen LogP contribution in [0.5, 0.6) is 0 Å². The van der Waals surface area contributed by atoms with E-state index in [2.05, 4.69) is 16.0 Å². The molecule has 0 saturated heterocycles. The number of carbonyl (C=O) groups excluding carboxylic acids is 2. The van der Waals surface area contributed by atoms with Gasteiger partial charge in [-0.1, -0.05) is 56.2 Å². The van der Waals surface area contributed by atoms with Crippen molar-refractivity contribution in [1.29, 1.82) is 0 Å². The number of hydrogen-bond donors (Lipinski definition) is 2. The molecule has 0 unspecified atom stereocenters. The fourth-order valence-electron chi connectivity index (χ4n) is 3.53. The van der Waals surface area contributed by atoms with Crippen molar-refractivity contribution < 1.29 is 14.0 Å². The summed E-state index contributed by atoms with van der Waals surface area (Å²) in [5.74, 6) is -1.54. The molecule has 0 saturated carbocycles. The van der Waals surface area contributed by atoms with E-state index in [4.69, 9.17) is 4.42 Å². The average Bonchev–Trinajstić information content (AvgIpc) is 2.83. The van der Waals surface area contributed by atoms with Gasteiger partial charge in [-0.25, -0.2) is 9.48 Å². The molecule has 0 atom stereocenters. The van der Waals surface area contributed by atoms with E-state index in [1.54, 1.807) is 48.5 Å². The summed E-state index contributed by atoms with van der Waals surface area (Å²) in [5.41, 5.74) is 3.49. The Morgan fingerprint density at radius 1 is 0.939 bits per heavy atom. The summed E-state index contributed by atoms with van der Waals surface area (Å²) in [5, 5.41) is 5.54. The molecule has 0 bridgehead atoms. The number of nitrogens with one attached hydrogen (secondary N) is 2. The molecule has 2 aromatic heterocycles. The Bertz CT molecular complexity index is 1470. The third kappa shape index (κ3) is 4.52. The van der Waals surface area contributed by atoms with Gasteiger partial charge in [0.05, 0.1) is 5.39 Å². The van der Waals surface area contributed by atoms with Crippen LogP contribution in [0, 0.1) is 0 Å². The molecule has 0 spiro atoms. The van der Waals surface area contributed by atoms with Gasteiger partial charge < -0.3 is 4.42 Å². The zero-order valence-corrected chi connectivity index (χ0v) is 18.0. The molecule has 2 heterocycles. The summed E-state index contributed by atoms with van der Waals surface area (Å²) >= 11 is 0. The molecular weight excluding hydrogens is 424 g/mol. The van der Waals surface area contributed by atoms with E-state index in [9.17, 15) is 19.2 Å². The van der Waals surface area contributed by atoms with Gasteiger partial charge in [0, 0.05) is 17.3 Å². The van der Waals surface area contributed by atoms with Gasteiger partial charge >= 0.3 is 5.63 Å². The first-order valence-electron chi connectivity index (χ1n) is 10.6. The van der Waals surface area contributed by atoms with Crippen LogP contribution in [0.4, 0.5) is 0 Å². The normalized spacial score (nSPS) is 10.9. The van der Waals surface area contributed by atoms with Crippen LogP contribution >= 0.6 is 0 Å². The Kier molecular flexibility index (Phi) is 6.30. The zero-order valence-electron chi connectivity index (χ0n) is 18.0. The van der Waals surface area contributed by atoms with Crippen molar-refractivity contribution in [2.75, 3.05) is 0 Å². The van der Waals surface area contributed by atoms with Crippen molar-refractivity contribution in [3.8, 4) is 0 Å². The molecule has 0 fully saturated rings. The Balaban J connectivity index is 1.59. The van der Waals surface area contributed by atoms with Gasteiger partial charge in [0.2, 0.25) is 0 Å². The topological polar surface area (TPSA) is 123 Å². The van der Waals surface area contributed by atoms with Gasteiger partial charge in [-0.3, -0.25) is 25.2 Å². The van der Waals surface area contributed by atoms with Gasteiger partial charge in [0.15, 0.2) is 5.69 Å². The minimum atomic E-state index is -0.830. The molecule has 2 N–H and O–H groups in total. The fraction of sp³-hybridized carbons (Fsp3) is 0.208. The van der Waals surface area contributed by atoms with Crippen molar-refractivity contribution in [3.05, 3.63) is 86.6 Å². The van der Waals surface area contributed by atoms with E-state index < -0.39 is 17.4 Å². The second-order valence-electron chi connectivity index (χ2n) is 7.52. The number of para-hydroxylation sites is 1. The number of nitrogens with zero attached hydrogens (tertiary/aromatic N) is 2. The van der Waals surface area contributed by atoms with Gasteiger partial charge in [-0.05, 0) is 24.6 Å². The lowest BCUT2D eigenvalue weighted by molar-refractivity contribution is 0.0841. The van der Waals surface area contributed by atoms with E-state index in [0.29, 0.717) is 28.3 Å². The molecule has 0 radical (unpaired) electrons. The first-order chi connectivity index (χ1) is 16.0. The van der Waals surface area contributed by atoms with Crippen molar-refractivity contribution in [3.63, 3.8) is 0 Å². The molecule has 2 amide bonds. The SMILES string of the molecule is CCCCCn1nc(C(=O)NNC(=O)c2cc3ccccc3oc2=O)c2ccccc2c1=O. The summed E-state index contributed by atoms with van der Waals surface area (Å²) in [7, 11) is 0. The van der Waals surface area contributed by atoms with Crippen LogP contribution in [0.3, 0.4) is 0 Å². The minimum absolute atomic E-state index is 0.00690. The molecular formula is C24H22N4O5. The number of hydrazine groups is 1. The van der Waals surface area contributed by atoms with E-state index in [1.165, 1.54) is 10.7 Å². The van der Waals surface area contributed by atoms with E-state index in [-0.39, 0.29) is 16.8 Å². The van der Waals surface area contributed by atoms with Crippen molar-refractivity contribution in [1.82, 2.24) is 20.6 Å². The summed E-state index contributed by atoms with van der Waals surface area (Å²) in [6, 6.07) is 14.8. The number of rotatable bonds is 6. The van der Waals surface area contributed by atoms with E-state index in [0.717, 1.165) is 19.3 Å². The Morgan fingerprint density at radius 2 is 1.64 bits per heavy atom. The van der Waals surface area contributed by atoms with Crippen LogP contribution in [0.2, 0.25) is 0 Å². The molecule has 2 aromatic carbocycles. The maximum absolute atomic E-state index is 12.9. The van der Waals surface area contributed by atoms with Crippen molar-refractivity contribution in [2.45, 2.75) is 32.7 Å². The van der Waals surface area contributed by atoms with Gasteiger partial charge in [0.1, 0.15) is 11.1 Å². The number of amides is 2. The molecule has 4 rings (SSSR count). The maximum Gasteiger partial charge on any atom is 0.349 e. The Morgan fingerprint density at radius 3 is 2.42 bits per heavy atom. The number of benzene rings is 2. The predicted octanol–water partition coefficient (Wildman–Crippen LogP) is 2.77.